The number of hydrogen-bond donors (Lipinski definition) is 0. The zero-order valence-corrected chi connectivity index (χ0v) is 12.0. The van der Waals surface area contributed by atoms with E-state index in [0.29, 0.717) is 16.6 Å². The zero-order chi connectivity index (χ0) is 13.3. The number of nitrogens with zero attached hydrogens (tertiary/aromatic N) is 2. The fraction of sp³-hybridized carbons (Fsp3) is 0.214. The molecule has 0 N–H and O–H groups in total. The van der Waals surface area contributed by atoms with Crippen molar-refractivity contribution < 1.29 is 4.57 Å². The first kappa shape index (κ1) is 13.2. The summed E-state index contributed by atoms with van der Waals surface area (Å²) in [5.74, 6) is 1.10. The predicted molar refractivity (Wildman–Crippen MR) is 75.9 cm³/mol. The van der Waals surface area contributed by atoms with Gasteiger partial charge in [0.15, 0.2) is 0 Å². The van der Waals surface area contributed by atoms with Crippen molar-refractivity contribution in [1.82, 2.24) is 4.57 Å². The van der Waals surface area contributed by atoms with Gasteiger partial charge in [0.05, 0.1) is 5.70 Å². The first-order valence-electron chi connectivity index (χ1n) is 5.67. The van der Waals surface area contributed by atoms with E-state index in [1.807, 2.05) is 49.0 Å². The fourth-order valence-electron chi connectivity index (χ4n) is 1.93. The van der Waals surface area contributed by atoms with Crippen LogP contribution in [-0.4, -0.2) is 4.57 Å². The highest BCUT2D eigenvalue weighted by Crippen LogP contribution is 2.24. The normalized spacial score (nSPS) is 10.7. The molecule has 0 amide bonds. The molecule has 0 aliphatic rings. The van der Waals surface area contributed by atoms with Crippen LogP contribution in [0.4, 0.5) is 0 Å². The van der Waals surface area contributed by atoms with E-state index in [1.54, 1.807) is 0 Å². The summed E-state index contributed by atoms with van der Waals surface area (Å²) in [4.78, 5) is 0. The highest BCUT2D eigenvalue weighted by molar-refractivity contribution is 6.35. The van der Waals surface area contributed by atoms with Gasteiger partial charge in [-0.2, -0.15) is 0 Å². The summed E-state index contributed by atoms with van der Waals surface area (Å²) in [5.41, 5.74) is 1.92. The SMILES string of the molecule is C=C(C)n1cc[n+](Cc2c(Cl)cccc2Cl)c1C. The summed E-state index contributed by atoms with van der Waals surface area (Å²) in [6.45, 7) is 8.61. The maximum atomic E-state index is 6.18. The van der Waals surface area contributed by atoms with E-state index >= 15 is 0 Å². The van der Waals surface area contributed by atoms with Crippen molar-refractivity contribution in [3.8, 4) is 0 Å². The van der Waals surface area contributed by atoms with Gasteiger partial charge in [0.25, 0.3) is 5.82 Å². The molecule has 94 valence electrons. The van der Waals surface area contributed by atoms with E-state index in [2.05, 4.69) is 11.1 Å². The van der Waals surface area contributed by atoms with Crippen molar-refractivity contribution in [3.05, 3.63) is 58.6 Å². The van der Waals surface area contributed by atoms with Crippen LogP contribution >= 0.6 is 23.2 Å². The Hall–Kier alpha value is -1.25. The van der Waals surface area contributed by atoms with Crippen molar-refractivity contribution in [2.45, 2.75) is 20.4 Å². The minimum absolute atomic E-state index is 0.657. The van der Waals surface area contributed by atoms with Crippen LogP contribution in [0.25, 0.3) is 5.70 Å². The molecule has 1 aromatic heterocycles. The molecule has 2 nitrogen and oxygen atoms in total. The maximum Gasteiger partial charge on any atom is 0.258 e. The molecule has 0 saturated carbocycles. The third-order valence-corrected chi connectivity index (χ3v) is 3.67. The number of hydrogen-bond acceptors (Lipinski definition) is 0. The number of allylic oxidation sites excluding steroid dienone is 1. The van der Waals surface area contributed by atoms with Gasteiger partial charge in [-0.05, 0) is 19.1 Å². The van der Waals surface area contributed by atoms with Gasteiger partial charge in [-0.25, -0.2) is 9.13 Å². The van der Waals surface area contributed by atoms with Gasteiger partial charge in [-0.15, -0.1) is 0 Å². The molecule has 2 rings (SSSR count). The van der Waals surface area contributed by atoms with Crippen LogP contribution in [0.2, 0.25) is 10.0 Å². The monoisotopic (exact) mass is 281 g/mol. The summed E-state index contributed by atoms with van der Waals surface area (Å²) in [6, 6.07) is 5.56. The van der Waals surface area contributed by atoms with Gasteiger partial charge in [0, 0.05) is 22.5 Å². The third kappa shape index (κ3) is 2.45. The zero-order valence-electron chi connectivity index (χ0n) is 10.5. The molecule has 1 heterocycles. The first-order chi connectivity index (χ1) is 8.50. The quantitative estimate of drug-likeness (QED) is 0.754. The molecule has 0 aliphatic heterocycles. The molecule has 0 fully saturated rings. The van der Waals surface area contributed by atoms with Crippen LogP contribution in [0, 0.1) is 6.92 Å². The molecule has 0 aliphatic carbocycles. The Labute approximate surface area is 117 Å². The van der Waals surface area contributed by atoms with Gasteiger partial charge in [0.1, 0.15) is 18.9 Å². The lowest BCUT2D eigenvalue weighted by Gasteiger charge is -2.05. The largest absolute Gasteiger partial charge is 0.258 e. The summed E-state index contributed by atoms with van der Waals surface area (Å²) in [6.07, 6.45) is 3.99. The van der Waals surface area contributed by atoms with Crippen LogP contribution in [0.3, 0.4) is 0 Å². The Morgan fingerprint density at radius 3 is 2.44 bits per heavy atom. The first-order valence-corrected chi connectivity index (χ1v) is 6.42. The van der Waals surface area contributed by atoms with Gasteiger partial charge in [-0.3, -0.25) is 0 Å². The third-order valence-electron chi connectivity index (χ3n) is 2.96. The van der Waals surface area contributed by atoms with Gasteiger partial charge in [-0.1, -0.05) is 35.8 Å². The smallest absolute Gasteiger partial charge is 0.230 e. The number of aromatic nitrogens is 2. The Balaban J connectivity index is 2.38. The lowest BCUT2D eigenvalue weighted by Crippen LogP contribution is -2.36. The van der Waals surface area contributed by atoms with Gasteiger partial charge < -0.3 is 0 Å². The standard InChI is InChI=1S/C14H15Cl2N2/c1-10(2)18-8-7-17(11(18)3)9-12-13(15)5-4-6-14(12)16/h4-8H,1,9H2,2-3H3/q+1. The van der Waals surface area contributed by atoms with Crippen molar-refractivity contribution in [2.75, 3.05) is 0 Å². The van der Waals surface area contributed by atoms with Crippen molar-refractivity contribution in [2.24, 2.45) is 0 Å². The summed E-state index contributed by atoms with van der Waals surface area (Å²) >= 11 is 12.4. The summed E-state index contributed by atoms with van der Waals surface area (Å²) in [5, 5.41) is 1.38. The molecular formula is C14H15Cl2N2+. The second-order valence-electron chi connectivity index (χ2n) is 4.28. The Morgan fingerprint density at radius 2 is 1.94 bits per heavy atom. The molecule has 18 heavy (non-hydrogen) atoms. The van der Waals surface area contributed by atoms with E-state index in [1.165, 1.54) is 0 Å². The van der Waals surface area contributed by atoms with E-state index in [-0.39, 0.29) is 0 Å². The molecule has 2 aromatic rings. The average Bonchev–Trinajstić information content (AvgIpc) is 2.66. The Morgan fingerprint density at radius 1 is 1.33 bits per heavy atom. The van der Waals surface area contributed by atoms with E-state index in [9.17, 15) is 0 Å². The molecular weight excluding hydrogens is 267 g/mol. The molecule has 0 radical (unpaired) electrons. The summed E-state index contributed by atoms with van der Waals surface area (Å²) < 4.78 is 4.13. The molecule has 0 unspecified atom stereocenters. The van der Waals surface area contributed by atoms with E-state index in [4.69, 9.17) is 23.2 Å². The van der Waals surface area contributed by atoms with E-state index < -0.39 is 0 Å². The average molecular weight is 282 g/mol. The maximum absolute atomic E-state index is 6.18. The van der Waals surface area contributed by atoms with Crippen LogP contribution in [0.5, 0.6) is 0 Å². The van der Waals surface area contributed by atoms with Gasteiger partial charge in [0.2, 0.25) is 0 Å². The number of halogens is 2. The highest BCUT2D eigenvalue weighted by atomic mass is 35.5. The fourth-order valence-corrected chi connectivity index (χ4v) is 2.44. The second kappa shape index (κ2) is 5.17. The Bertz CT molecular complexity index is 580. The number of imidazole rings is 1. The van der Waals surface area contributed by atoms with Crippen LogP contribution in [-0.2, 0) is 6.54 Å². The predicted octanol–water partition coefficient (Wildman–Crippen LogP) is 3.93. The highest BCUT2D eigenvalue weighted by Gasteiger charge is 2.15. The molecule has 1 aromatic carbocycles. The lowest BCUT2D eigenvalue weighted by atomic mass is 10.2. The van der Waals surface area contributed by atoms with Crippen LogP contribution < -0.4 is 4.57 Å². The second-order valence-corrected chi connectivity index (χ2v) is 5.09. The topological polar surface area (TPSA) is 8.81 Å². The van der Waals surface area contributed by atoms with Crippen molar-refractivity contribution in [1.29, 1.82) is 0 Å². The minimum Gasteiger partial charge on any atom is -0.230 e. The minimum atomic E-state index is 0.657. The van der Waals surface area contributed by atoms with E-state index in [0.717, 1.165) is 17.1 Å². The summed E-state index contributed by atoms with van der Waals surface area (Å²) in [7, 11) is 0. The molecule has 0 atom stereocenters. The van der Waals surface area contributed by atoms with Gasteiger partial charge >= 0.3 is 0 Å². The number of benzene rings is 1. The Kier molecular flexibility index (Phi) is 3.79. The number of rotatable bonds is 3. The molecule has 0 bridgehead atoms. The van der Waals surface area contributed by atoms with Crippen LogP contribution in [0.1, 0.15) is 18.3 Å². The molecule has 4 heteroatoms. The molecule has 0 saturated heterocycles. The van der Waals surface area contributed by atoms with Crippen LogP contribution in [0.15, 0.2) is 37.2 Å². The molecule has 0 spiro atoms. The van der Waals surface area contributed by atoms with Crippen molar-refractivity contribution >= 4 is 28.9 Å². The lowest BCUT2D eigenvalue weighted by molar-refractivity contribution is -0.693. The van der Waals surface area contributed by atoms with Crippen molar-refractivity contribution in [3.63, 3.8) is 0 Å².